The van der Waals surface area contributed by atoms with E-state index in [0.29, 0.717) is 12.8 Å². The smallest absolute Gasteiger partial charge is 0.364 e. The summed E-state index contributed by atoms with van der Waals surface area (Å²) in [4.78, 5) is 51.9. The second kappa shape index (κ2) is 49.1. The zero-order valence-corrected chi connectivity index (χ0v) is 61.6. The molecule has 35 nitrogen and oxygen atoms in total. The minimum absolute atomic E-state index is 0.173. The van der Waals surface area contributed by atoms with Gasteiger partial charge in [0.2, 0.25) is 17.7 Å². The number of rotatable bonds is 51. The van der Waals surface area contributed by atoms with Gasteiger partial charge in [0.05, 0.1) is 63.9 Å². The minimum Gasteiger partial charge on any atom is -0.477 e. The Bertz CT molecular complexity index is 2480. The highest BCUT2D eigenvalue weighted by molar-refractivity contribution is 5.78. The fourth-order valence-corrected chi connectivity index (χ4v) is 14.0. The molecule has 0 aromatic rings. The number of carboxylic acids is 1. The monoisotopic (exact) mass is 1530 g/mol. The van der Waals surface area contributed by atoms with Crippen LogP contribution < -0.4 is 16.0 Å². The Balaban J connectivity index is 1.26. The SMILES string of the molecule is CCCCCCCCCCCCC/C=C/[C@@H](O)[C@H](CO[C@@H]1OC(CO)[C@@H](O[C@@H]2OC(CO)[C@H](O[C@@H]3OC(CO)[C@H](O)[C@H](O[C@@H]4OC(CO)[C@H](O)[C@H](O[C@]5(C(=O)O)CC(O)[C@@H](NC(=O)CO)C([C@H](O)[C@H](O)CO)O5)C4O)C3NC(C)=O)[C@H](O)C2O)[C@H](O)C1O)NC(=O)CCCCCCCCCCCCCCC. The van der Waals surface area contributed by atoms with Gasteiger partial charge in [-0.3, -0.25) is 14.4 Å². The zero-order valence-electron chi connectivity index (χ0n) is 61.6. The summed E-state index contributed by atoms with van der Waals surface area (Å²) in [5.74, 6) is -7.84. The number of ether oxygens (including phenoxy) is 10. The lowest BCUT2D eigenvalue weighted by Gasteiger charge is -2.51. The Morgan fingerprint density at radius 3 is 1.43 bits per heavy atom. The molecule has 5 saturated heterocycles. The summed E-state index contributed by atoms with van der Waals surface area (Å²) in [6.45, 7) is -1.68. The van der Waals surface area contributed by atoms with Crippen molar-refractivity contribution >= 4 is 23.7 Å². The summed E-state index contributed by atoms with van der Waals surface area (Å²) in [5, 5.41) is 205. The van der Waals surface area contributed by atoms with E-state index < -0.39 is 242 Å². The predicted molar refractivity (Wildman–Crippen MR) is 371 cm³/mol. The molecule has 0 aromatic carbocycles. The molecule has 618 valence electrons. The lowest BCUT2D eigenvalue weighted by atomic mass is 9.88. The van der Waals surface area contributed by atoms with E-state index in [0.717, 1.165) is 58.3 Å². The molecule has 28 atom stereocenters. The number of amides is 3. The van der Waals surface area contributed by atoms with E-state index in [-0.39, 0.29) is 12.3 Å². The molecule has 0 bridgehead atoms. The highest BCUT2D eigenvalue weighted by Crippen LogP contribution is 2.40. The number of aliphatic hydroxyl groups is 17. The van der Waals surface area contributed by atoms with Crippen LogP contribution in [0.3, 0.4) is 0 Å². The molecule has 0 radical (unpaired) electrons. The van der Waals surface area contributed by atoms with Gasteiger partial charge in [0, 0.05) is 19.8 Å². The number of allylic oxidation sites excluding steroid dienone is 1. The summed E-state index contributed by atoms with van der Waals surface area (Å²) in [7, 11) is 0. The second-order valence-electron chi connectivity index (χ2n) is 28.6. The highest BCUT2D eigenvalue weighted by Gasteiger charge is 2.61. The van der Waals surface area contributed by atoms with Gasteiger partial charge in [0.15, 0.2) is 25.2 Å². The molecule has 0 spiro atoms. The molecule has 5 fully saturated rings. The fraction of sp³-hybridized carbons (Fsp3) is 0.915. The van der Waals surface area contributed by atoms with Crippen molar-refractivity contribution < 1.29 is 158 Å². The van der Waals surface area contributed by atoms with Crippen LogP contribution in [-0.2, 0) is 66.5 Å². The average molecular weight is 1530 g/mol. The van der Waals surface area contributed by atoms with Gasteiger partial charge in [-0.1, -0.05) is 167 Å². The summed E-state index contributed by atoms with van der Waals surface area (Å²) in [6.07, 6.45) is -18.1. The first kappa shape index (κ1) is 93.1. The standard InChI is InChI=1S/C71H127N3O32/c1-4-6-8-10-12-14-16-18-20-22-24-26-28-30-42(82)41(73-49(85)31-29-27-25-23-21-19-17-15-13-11-9-7-5-2)39-97-67-58(92)56(90)62(47(36-78)100-67)103-68-59(93)57(91)61(48(37-79)101-68)102-66-52(72-40(3)81)63(54(88)45(34-76)98-66)104-69-60(94)65(55(89)46(35-77)99-69)106-71(70(95)96)32-43(83)51(74-50(86)38-80)64(105-71)53(87)44(84)33-75/h28,30,41-48,51-69,75-80,82-84,87-94H,4-27,29,31-39H2,1-3H3,(H,72,81)(H,73,85)(H,74,86)(H,95,96)/b30-28+/t41-,42+,43?,44+,45?,46?,47?,48?,51+,52?,53+,54-,55-,56+,57+,58?,59?,60?,61-,62+,63+,64?,65-,66-,67+,68-,69-,71-/m0/s1. The molecule has 5 aliphatic heterocycles. The lowest BCUT2D eigenvalue weighted by Crippen LogP contribution is -2.71. The van der Waals surface area contributed by atoms with Gasteiger partial charge in [-0.2, -0.15) is 0 Å². The number of aliphatic carboxylic acids is 1. The Hall–Kier alpha value is -3.46. The van der Waals surface area contributed by atoms with Crippen LogP contribution in [0.15, 0.2) is 12.2 Å². The van der Waals surface area contributed by atoms with E-state index in [1.54, 1.807) is 6.08 Å². The molecular formula is C71H127N3O32. The van der Waals surface area contributed by atoms with Gasteiger partial charge in [-0.15, -0.1) is 0 Å². The van der Waals surface area contributed by atoms with Crippen LogP contribution in [0.1, 0.15) is 194 Å². The van der Waals surface area contributed by atoms with Crippen LogP contribution in [0, 0.1) is 0 Å². The zero-order chi connectivity index (χ0) is 78.0. The van der Waals surface area contributed by atoms with Crippen molar-refractivity contribution in [1.29, 1.82) is 0 Å². The first-order valence-electron chi connectivity index (χ1n) is 38.3. The molecule has 10 unspecified atom stereocenters. The van der Waals surface area contributed by atoms with Crippen LogP contribution in [0.25, 0.3) is 0 Å². The third-order valence-electron chi connectivity index (χ3n) is 20.2. The van der Waals surface area contributed by atoms with Gasteiger partial charge in [-0.05, 0) is 19.3 Å². The number of aliphatic hydroxyl groups excluding tert-OH is 17. The first-order valence-corrected chi connectivity index (χ1v) is 38.3. The van der Waals surface area contributed by atoms with E-state index in [4.69, 9.17) is 47.4 Å². The molecule has 0 aliphatic carbocycles. The van der Waals surface area contributed by atoms with Crippen molar-refractivity contribution in [2.24, 2.45) is 0 Å². The van der Waals surface area contributed by atoms with Gasteiger partial charge in [-0.25, -0.2) is 4.79 Å². The lowest BCUT2D eigenvalue weighted by molar-refractivity contribution is -0.389. The van der Waals surface area contributed by atoms with Crippen molar-refractivity contribution in [3.63, 3.8) is 0 Å². The molecule has 106 heavy (non-hydrogen) atoms. The third-order valence-corrected chi connectivity index (χ3v) is 20.2. The van der Waals surface area contributed by atoms with Crippen molar-refractivity contribution in [2.75, 3.05) is 46.2 Å². The largest absolute Gasteiger partial charge is 0.477 e. The van der Waals surface area contributed by atoms with Crippen LogP contribution >= 0.6 is 0 Å². The molecule has 3 amide bonds. The van der Waals surface area contributed by atoms with Gasteiger partial charge in [0.25, 0.3) is 5.79 Å². The Kier molecular flexibility index (Phi) is 43.2. The summed E-state index contributed by atoms with van der Waals surface area (Å²) in [6, 6.07) is -4.77. The molecule has 5 aliphatic rings. The second-order valence-corrected chi connectivity index (χ2v) is 28.6. The van der Waals surface area contributed by atoms with E-state index in [2.05, 4.69) is 29.8 Å². The fourth-order valence-electron chi connectivity index (χ4n) is 14.0. The molecule has 5 rings (SSSR count). The molecule has 0 saturated carbocycles. The minimum atomic E-state index is -3.27. The molecule has 35 heteroatoms. The Morgan fingerprint density at radius 2 is 0.943 bits per heavy atom. The maximum absolute atomic E-state index is 13.5. The first-order chi connectivity index (χ1) is 50.8. The normalized spacial score (nSPS) is 34.8. The van der Waals surface area contributed by atoms with E-state index in [1.165, 1.54) is 96.3 Å². The number of hydrogen-bond donors (Lipinski definition) is 21. The molecule has 0 aromatic heterocycles. The van der Waals surface area contributed by atoms with Crippen LogP contribution in [0.4, 0.5) is 0 Å². The van der Waals surface area contributed by atoms with Crippen molar-refractivity contribution in [3.8, 4) is 0 Å². The number of carboxylic acid groups (broad SMARTS) is 1. The van der Waals surface area contributed by atoms with Crippen molar-refractivity contribution in [3.05, 3.63) is 12.2 Å². The van der Waals surface area contributed by atoms with Crippen molar-refractivity contribution in [1.82, 2.24) is 16.0 Å². The number of carbonyl (C=O) groups is 4. The molecular weight excluding hydrogens is 1410 g/mol. The Morgan fingerprint density at radius 1 is 0.500 bits per heavy atom. The van der Waals surface area contributed by atoms with E-state index in [9.17, 15) is 111 Å². The number of carbonyl (C=O) groups excluding carboxylic acids is 3. The van der Waals surface area contributed by atoms with Crippen LogP contribution in [0.5, 0.6) is 0 Å². The van der Waals surface area contributed by atoms with Gasteiger partial charge >= 0.3 is 5.97 Å². The van der Waals surface area contributed by atoms with Gasteiger partial charge in [0.1, 0.15) is 123 Å². The summed E-state index contributed by atoms with van der Waals surface area (Å²) < 4.78 is 58.7. The third kappa shape index (κ3) is 28.0. The van der Waals surface area contributed by atoms with Gasteiger partial charge < -0.3 is 155 Å². The summed E-state index contributed by atoms with van der Waals surface area (Å²) >= 11 is 0. The van der Waals surface area contributed by atoms with E-state index >= 15 is 0 Å². The maximum atomic E-state index is 13.5. The highest BCUT2D eigenvalue weighted by atomic mass is 16.8. The topological polar surface area (TPSA) is 561 Å². The molecule has 5 heterocycles. The number of unbranched alkanes of at least 4 members (excludes halogenated alkanes) is 23. The number of nitrogens with one attached hydrogen (secondary N) is 3. The van der Waals surface area contributed by atoms with E-state index in [1.807, 2.05) is 6.08 Å². The summed E-state index contributed by atoms with van der Waals surface area (Å²) in [5.41, 5.74) is 0. The average Bonchev–Trinajstić information content (AvgIpc) is 0.753. The molecule has 21 N–H and O–H groups in total. The van der Waals surface area contributed by atoms with Crippen molar-refractivity contribution in [2.45, 2.75) is 365 Å². The Labute approximate surface area is 619 Å². The quantitative estimate of drug-likeness (QED) is 0.0215. The maximum Gasteiger partial charge on any atom is 0.364 e. The van der Waals surface area contributed by atoms with Crippen LogP contribution in [0.2, 0.25) is 0 Å². The van der Waals surface area contributed by atoms with Crippen LogP contribution in [-0.4, -0.2) is 333 Å². The predicted octanol–water partition coefficient (Wildman–Crippen LogP) is -2.85. The number of hydrogen-bond acceptors (Lipinski definition) is 31.